The zero-order chi connectivity index (χ0) is 20.6. The van der Waals surface area contributed by atoms with Crippen molar-refractivity contribution in [3.8, 4) is 0 Å². The zero-order valence-electron chi connectivity index (χ0n) is 15.8. The SMILES string of the molecule is NC(=O)CCN(C(=O)c1ccc(CSc2ccc(Cl)cc2)cc1)c1ccccc1. The molecule has 148 valence electrons. The molecular weight excluding hydrogens is 404 g/mol. The molecule has 0 atom stereocenters. The highest BCUT2D eigenvalue weighted by molar-refractivity contribution is 7.98. The molecule has 0 aliphatic heterocycles. The fraction of sp³-hybridized carbons (Fsp3) is 0.130. The second-order valence-corrected chi connectivity index (χ2v) is 7.93. The van der Waals surface area contributed by atoms with E-state index in [9.17, 15) is 9.59 Å². The summed E-state index contributed by atoms with van der Waals surface area (Å²) in [6.07, 6.45) is 0.108. The van der Waals surface area contributed by atoms with E-state index in [0.29, 0.717) is 5.56 Å². The van der Waals surface area contributed by atoms with Crippen LogP contribution in [0.1, 0.15) is 22.3 Å². The molecule has 3 rings (SSSR count). The molecule has 2 amide bonds. The van der Waals surface area contributed by atoms with Crippen molar-refractivity contribution in [2.45, 2.75) is 17.1 Å². The van der Waals surface area contributed by atoms with Crippen molar-refractivity contribution >= 4 is 40.9 Å². The van der Waals surface area contributed by atoms with Gasteiger partial charge in [0.1, 0.15) is 0 Å². The predicted octanol–water partition coefficient (Wildman–Crippen LogP) is 5.15. The van der Waals surface area contributed by atoms with Gasteiger partial charge >= 0.3 is 0 Å². The van der Waals surface area contributed by atoms with E-state index in [2.05, 4.69) is 0 Å². The number of nitrogens with zero attached hydrogens (tertiary/aromatic N) is 1. The van der Waals surface area contributed by atoms with E-state index in [4.69, 9.17) is 17.3 Å². The number of benzene rings is 3. The van der Waals surface area contributed by atoms with Gasteiger partial charge in [0.05, 0.1) is 0 Å². The van der Waals surface area contributed by atoms with Gasteiger partial charge in [0.2, 0.25) is 5.91 Å². The molecule has 2 N–H and O–H groups in total. The smallest absolute Gasteiger partial charge is 0.258 e. The van der Waals surface area contributed by atoms with Crippen molar-refractivity contribution < 1.29 is 9.59 Å². The summed E-state index contributed by atoms with van der Waals surface area (Å²) in [5.41, 5.74) is 7.70. The molecule has 0 spiro atoms. The van der Waals surface area contributed by atoms with Gasteiger partial charge in [-0.2, -0.15) is 0 Å². The van der Waals surface area contributed by atoms with Crippen LogP contribution in [-0.4, -0.2) is 18.4 Å². The number of anilines is 1. The van der Waals surface area contributed by atoms with Gasteiger partial charge in [0.25, 0.3) is 5.91 Å². The van der Waals surface area contributed by atoms with Gasteiger partial charge in [0, 0.05) is 39.9 Å². The molecule has 29 heavy (non-hydrogen) atoms. The van der Waals surface area contributed by atoms with E-state index in [0.717, 1.165) is 26.9 Å². The monoisotopic (exact) mass is 424 g/mol. The van der Waals surface area contributed by atoms with E-state index in [1.807, 2.05) is 78.9 Å². The first-order valence-corrected chi connectivity index (χ1v) is 10.5. The molecule has 0 heterocycles. The van der Waals surface area contributed by atoms with Gasteiger partial charge in [-0.1, -0.05) is 41.9 Å². The van der Waals surface area contributed by atoms with Gasteiger partial charge in [-0.05, 0) is 54.1 Å². The number of carbonyl (C=O) groups is 2. The summed E-state index contributed by atoms with van der Waals surface area (Å²) in [4.78, 5) is 27.0. The Morgan fingerprint density at radius 3 is 2.17 bits per heavy atom. The second-order valence-electron chi connectivity index (χ2n) is 6.45. The number of para-hydroxylation sites is 1. The summed E-state index contributed by atoms with van der Waals surface area (Å²) in [7, 11) is 0. The van der Waals surface area contributed by atoms with Gasteiger partial charge in [0.15, 0.2) is 0 Å². The average Bonchev–Trinajstić information content (AvgIpc) is 2.74. The molecule has 0 aliphatic rings. The molecule has 3 aromatic carbocycles. The molecule has 0 aliphatic carbocycles. The lowest BCUT2D eigenvalue weighted by Gasteiger charge is -2.22. The number of halogens is 1. The summed E-state index contributed by atoms with van der Waals surface area (Å²) in [5.74, 6) is 0.197. The fourth-order valence-electron chi connectivity index (χ4n) is 2.77. The minimum absolute atomic E-state index is 0.108. The summed E-state index contributed by atoms with van der Waals surface area (Å²) >= 11 is 7.62. The number of nitrogens with two attached hydrogens (primary N) is 1. The minimum Gasteiger partial charge on any atom is -0.370 e. The molecule has 0 fully saturated rings. The van der Waals surface area contributed by atoms with Crippen LogP contribution in [0.15, 0.2) is 83.8 Å². The van der Waals surface area contributed by atoms with Crippen LogP contribution in [-0.2, 0) is 10.5 Å². The van der Waals surface area contributed by atoms with E-state index >= 15 is 0 Å². The van der Waals surface area contributed by atoms with Gasteiger partial charge < -0.3 is 10.6 Å². The van der Waals surface area contributed by atoms with Crippen LogP contribution in [0, 0.1) is 0 Å². The van der Waals surface area contributed by atoms with Gasteiger partial charge in [-0.25, -0.2) is 0 Å². The lowest BCUT2D eigenvalue weighted by atomic mass is 10.1. The molecule has 3 aromatic rings. The zero-order valence-corrected chi connectivity index (χ0v) is 17.3. The van der Waals surface area contributed by atoms with Crippen molar-refractivity contribution in [2.75, 3.05) is 11.4 Å². The van der Waals surface area contributed by atoms with Crippen molar-refractivity contribution in [2.24, 2.45) is 5.73 Å². The van der Waals surface area contributed by atoms with Gasteiger partial charge in [-0.3, -0.25) is 9.59 Å². The van der Waals surface area contributed by atoms with Crippen LogP contribution >= 0.6 is 23.4 Å². The molecular formula is C23H21ClN2O2S. The van der Waals surface area contributed by atoms with Crippen molar-refractivity contribution in [1.29, 1.82) is 0 Å². The highest BCUT2D eigenvalue weighted by Crippen LogP contribution is 2.25. The number of primary amides is 1. The molecule has 0 bridgehead atoms. The summed E-state index contributed by atoms with van der Waals surface area (Å²) in [5, 5.41) is 0.719. The number of hydrogen-bond acceptors (Lipinski definition) is 3. The standard InChI is InChI=1S/C23H21ClN2O2S/c24-19-10-12-21(13-11-19)29-16-17-6-8-18(9-7-17)23(28)26(15-14-22(25)27)20-4-2-1-3-5-20/h1-13H,14-16H2,(H2,25,27). The van der Waals surface area contributed by atoms with Crippen LogP contribution < -0.4 is 10.6 Å². The Bertz CT molecular complexity index is 960. The molecule has 0 unspecified atom stereocenters. The Hall–Kier alpha value is -2.76. The van der Waals surface area contributed by atoms with Crippen LogP contribution in [0.4, 0.5) is 5.69 Å². The lowest BCUT2D eigenvalue weighted by molar-refractivity contribution is -0.117. The maximum absolute atomic E-state index is 13.0. The van der Waals surface area contributed by atoms with Crippen LogP contribution in [0.5, 0.6) is 0 Å². The quantitative estimate of drug-likeness (QED) is 0.508. The Balaban J connectivity index is 1.69. The van der Waals surface area contributed by atoms with E-state index < -0.39 is 5.91 Å². The number of thioether (sulfide) groups is 1. The van der Waals surface area contributed by atoms with Crippen molar-refractivity contribution in [3.05, 3.63) is 95.0 Å². The lowest BCUT2D eigenvalue weighted by Crippen LogP contribution is -2.34. The third-order valence-electron chi connectivity index (χ3n) is 4.31. The first kappa shape index (κ1) is 21.0. The Morgan fingerprint density at radius 2 is 1.55 bits per heavy atom. The van der Waals surface area contributed by atoms with Gasteiger partial charge in [-0.15, -0.1) is 11.8 Å². The van der Waals surface area contributed by atoms with E-state index in [1.54, 1.807) is 16.7 Å². The highest BCUT2D eigenvalue weighted by Gasteiger charge is 2.18. The van der Waals surface area contributed by atoms with Crippen LogP contribution in [0.3, 0.4) is 0 Å². The molecule has 0 radical (unpaired) electrons. The van der Waals surface area contributed by atoms with E-state index in [1.165, 1.54) is 0 Å². The van der Waals surface area contributed by atoms with E-state index in [-0.39, 0.29) is 18.9 Å². The summed E-state index contributed by atoms with van der Waals surface area (Å²) in [6.45, 7) is 0.242. The van der Waals surface area contributed by atoms with Crippen LogP contribution in [0.2, 0.25) is 5.02 Å². The minimum atomic E-state index is -0.437. The van der Waals surface area contributed by atoms with Crippen molar-refractivity contribution in [1.82, 2.24) is 0 Å². The number of amides is 2. The number of hydrogen-bond donors (Lipinski definition) is 1. The largest absolute Gasteiger partial charge is 0.370 e. The highest BCUT2D eigenvalue weighted by atomic mass is 35.5. The van der Waals surface area contributed by atoms with Crippen LogP contribution in [0.25, 0.3) is 0 Å². The fourth-order valence-corrected chi connectivity index (χ4v) is 3.76. The molecule has 4 nitrogen and oxygen atoms in total. The normalized spacial score (nSPS) is 10.5. The third kappa shape index (κ3) is 6.11. The number of rotatable bonds is 8. The first-order chi connectivity index (χ1) is 14.0. The predicted molar refractivity (Wildman–Crippen MR) is 119 cm³/mol. The molecule has 0 aromatic heterocycles. The van der Waals surface area contributed by atoms with Crippen molar-refractivity contribution in [3.63, 3.8) is 0 Å². The molecule has 0 saturated heterocycles. The third-order valence-corrected chi connectivity index (χ3v) is 5.65. The second kappa shape index (κ2) is 10.1. The number of carbonyl (C=O) groups excluding carboxylic acids is 2. The summed E-state index contributed by atoms with van der Waals surface area (Å²) in [6, 6.07) is 24.5. The Labute approximate surface area is 179 Å². The molecule has 6 heteroatoms. The summed E-state index contributed by atoms with van der Waals surface area (Å²) < 4.78 is 0. The maximum Gasteiger partial charge on any atom is 0.258 e. The maximum atomic E-state index is 13.0. The Kier molecular flexibility index (Phi) is 7.33. The Morgan fingerprint density at radius 1 is 0.897 bits per heavy atom. The average molecular weight is 425 g/mol. The topological polar surface area (TPSA) is 63.4 Å². The first-order valence-electron chi connectivity index (χ1n) is 9.15. The molecule has 0 saturated carbocycles.